The van der Waals surface area contributed by atoms with Crippen molar-refractivity contribution in [2.75, 3.05) is 32.9 Å². The third-order valence-corrected chi connectivity index (χ3v) is 7.25. The molecule has 0 saturated carbocycles. The highest BCUT2D eigenvalue weighted by Gasteiger charge is 2.19. The first-order valence-electron chi connectivity index (χ1n) is 12.7. The monoisotopic (exact) mass is 517 g/mol. The Morgan fingerprint density at radius 1 is 1.22 bits per heavy atom. The van der Waals surface area contributed by atoms with E-state index in [2.05, 4.69) is 23.8 Å². The highest BCUT2D eigenvalue weighted by Crippen LogP contribution is 2.26. The van der Waals surface area contributed by atoms with Gasteiger partial charge in [0.15, 0.2) is 11.2 Å². The molecule has 11 heteroatoms. The molecule has 0 radical (unpaired) electrons. The second kappa shape index (κ2) is 12.6. The van der Waals surface area contributed by atoms with E-state index in [1.165, 1.54) is 0 Å². The normalized spacial score (nSPS) is 16.3. The molecule has 2 unspecified atom stereocenters. The number of fused-ring (bicyclic) bond motifs is 1. The zero-order chi connectivity index (χ0) is 25.5. The molecule has 0 bridgehead atoms. The highest BCUT2D eigenvalue weighted by atomic mass is 32.2. The van der Waals surface area contributed by atoms with Crippen LogP contribution < -0.4 is 10.3 Å². The largest absolute Gasteiger partial charge is 0.494 e. The Labute approximate surface area is 213 Å². The van der Waals surface area contributed by atoms with Gasteiger partial charge >= 0.3 is 0 Å². The van der Waals surface area contributed by atoms with E-state index in [-0.39, 0.29) is 11.6 Å². The Morgan fingerprint density at radius 2 is 2.03 bits per heavy atom. The lowest BCUT2D eigenvalue weighted by molar-refractivity contribution is -0.109. The van der Waals surface area contributed by atoms with Crippen molar-refractivity contribution in [1.82, 2.24) is 24.6 Å². The lowest BCUT2D eigenvalue weighted by Gasteiger charge is -2.24. The average Bonchev–Trinajstić information content (AvgIpc) is 3.31. The molecule has 0 amide bonds. The van der Waals surface area contributed by atoms with Crippen LogP contribution in [0.25, 0.3) is 11.2 Å². The van der Waals surface area contributed by atoms with Crippen molar-refractivity contribution < 1.29 is 18.0 Å². The number of unbranched alkanes of at least 4 members (excludes halogenated alkanes) is 1. The average molecular weight is 518 g/mol. The number of hydroxylamine groups is 2. The standard InChI is InChI=1S/C25H35N5O5S/c1-4-7-8-19(5-2)30-17-26-23-24(30)27-22(28-25(23)31)16-18-15-20(9-10-21(18)34-6-3)36(32)35-29-11-13-33-14-12-29/h9-10,15,17,19H,4-8,11-14,16H2,1-3H3,(H,27,28,31). The van der Waals surface area contributed by atoms with Gasteiger partial charge in [-0.2, -0.15) is 9.35 Å². The Balaban J connectivity index is 1.63. The number of benzene rings is 1. The second-order valence-corrected chi connectivity index (χ2v) is 9.86. The van der Waals surface area contributed by atoms with Gasteiger partial charge in [0.1, 0.15) is 11.6 Å². The first-order valence-corrected chi connectivity index (χ1v) is 13.8. The van der Waals surface area contributed by atoms with Crippen molar-refractivity contribution in [3.63, 3.8) is 0 Å². The Bertz CT molecular complexity index is 1240. The summed E-state index contributed by atoms with van der Waals surface area (Å²) < 4.78 is 31.7. The molecular formula is C25H35N5O5S. The molecule has 2 atom stereocenters. The number of hydrogen-bond acceptors (Lipinski definition) is 8. The summed E-state index contributed by atoms with van der Waals surface area (Å²) in [5, 5.41) is 1.66. The zero-order valence-electron chi connectivity index (χ0n) is 21.2. The fraction of sp³-hybridized carbons (Fsp3) is 0.560. The van der Waals surface area contributed by atoms with E-state index in [0.717, 1.165) is 31.2 Å². The Morgan fingerprint density at radius 3 is 2.75 bits per heavy atom. The molecule has 2 aromatic heterocycles. The van der Waals surface area contributed by atoms with Crippen LogP contribution >= 0.6 is 0 Å². The first kappa shape index (κ1) is 26.5. The number of rotatable bonds is 12. The van der Waals surface area contributed by atoms with Gasteiger partial charge in [-0.3, -0.25) is 4.79 Å². The van der Waals surface area contributed by atoms with Crippen LogP contribution in [0.3, 0.4) is 0 Å². The van der Waals surface area contributed by atoms with E-state index < -0.39 is 11.1 Å². The van der Waals surface area contributed by atoms with E-state index >= 15 is 0 Å². The molecule has 3 heterocycles. The van der Waals surface area contributed by atoms with Gasteiger partial charge in [-0.05, 0) is 38.0 Å². The summed E-state index contributed by atoms with van der Waals surface area (Å²) >= 11 is -1.69. The summed E-state index contributed by atoms with van der Waals surface area (Å²) in [6, 6.07) is 5.55. The van der Waals surface area contributed by atoms with Crippen LogP contribution in [0, 0.1) is 0 Å². The molecule has 1 saturated heterocycles. The molecule has 196 valence electrons. The van der Waals surface area contributed by atoms with Crippen molar-refractivity contribution in [3.05, 3.63) is 46.3 Å². The minimum absolute atomic E-state index is 0.235. The van der Waals surface area contributed by atoms with Crippen LogP contribution in [0.5, 0.6) is 5.75 Å². The molecule has 0 aliphatic carbocycles. The van der Waals surface area contributed by atoms with E-state index in [1.54, 1.807) is 29.6 Å². The van der Waals surface area contributed by atoms with Crippen LogP contribution in [0.15, 0.2) is 34.2 Å². The number of hydrogen-bond donors (Lipinski definition) is 1. The molecule has 1 N–H and O–H groups in total. The van der Waals surface area contributed by atoms with Gasteiger partial charge in [0, 0.05) is 31.1 Å². The summed E-state index contributed by atoms with van der Waals surface area (Å²) in [5.41, 5.74) is 1.42. The van der Waals surface area contributed by atoms with Gasteiger partial charge in [-0.1, -0.05) is 26.7 Å². The maximum atomic E-state index is 12.9. The third-order valence-electron chi connectivity index (χ3n) is 6.26. The van der Waals surface area contributed by atoms with Gasteiger partial charge in [0.05, 0.1) is 31.0 Å². The lowest BCUT2D eigenvalue weighted by atomic mass is 10.1. The molecule has 1 fully saturated rings. The smallest absolute Gasteiger partial charge is 0.279 e. The van der Waals surface area contributed by atoms with Crippen molar-refractivity contribution in [3.8, 4) is 5.75 Å². The molecular weight excluding hydrogens is 482 g/mol. The number of nitrogens with one attached hydrogen (secondary N) is 1. The molecule has 3 aromatic rings. The van der Waals surface area contributed by atoms with Gasteiger partial charge in [-0.25, -0.2) is 14.2 Å². The fourth-order valence-electron chi connectivity index (χ4n) is 4.34. The summed E-state index contributed by atoms with van der Waals surface area (Å²) in [6.07, 6.45) is 6.17. The predicted octanol–water partition coefficient (Wildman–Crippen LogP) is 3.54. The Hall–Kier alpha value is -2.60. The number of aromatic amines is 1. The minimum atomic E-state index is -1.69. The molecule has 10 nitrogen and oxygen atoms in total. The lowest BCUT2D eigenvalue weighted by Crippen LogP contribution is -2.36. The molecule has 1 aliphatic rings. The summed E-state index contributed by atoms with van der Waals surface area (Å²) in [5.74, 6) is 1.15. The highest BCUT2D eigenvalue weighted by molar-refractivity contribution is 7.80. The Kier molecular flexibility index (Phi) is 9.24. The van der Waals surface area contributed by atoms with Crippen molar-refractivity contribution in [1.29, 1.82) is 0 Å². The number of imidazole rings is 1. The van der Waals surface area contributed by atoms with E-state index in [1.807, 2.05) is 11.5 Å². The van der Waals surface area contributed by atoms with Crippen LogP contribution in [0.1, 0.15) is 63.9 Å². The third kappa shape index (κ3) is 6.20. The van der Waals surface area contributed by atoms with Crippen LogP contribution in [-0.2, 0) is 26.5 Å². The fourth-order valence-corrected chi connectivity index (χ4v) is 5.18. The number of morpholine rings is 1. The van der Waals surface area contributed by atoms with Crippen molar-refractivity contribution >= 4 is 22.2 Å². The summed E-state index contributed by atoms with van der Waals surface area (Å²) in [7, 11) is 0. The number of ether oxygens (including phenoxy) is 2. The van der Waals surface area contributed by atoms with Crippen molar-refractivity contribution in [2.24, 2.45) is 0 Å². The van der Waals surface area contributed by atoms with E-state index in [4.69, 9.17) is 18.7 Å². The van der Waals surface area contributed by atoms with Crippen LogP contribution in [-0.4, -0.2) is 61.7 Å². The van der Waals surface area contributed by atoms with E-state index in [0.29, 0.717) is 67.0 Å². The van der Waals surface area contributed by atoms with Gasteiger partial charge in [-0.15, -0.1) is 0 Å². The maximum Gasteiger partial charge on any atom is 0.279 e. The number of aromatic nitrogens is 4. The quantitative estimate of drug-likeness (QED) is 0.388. The zero-order valence-corrected chi connectivity index (χ0v) is 22.0. The second-order valence-electron chi connectivity index (χ2n) is 8.77. The molecule has 0 spiro atoms. The maximum absolute atomic E-state index is 12.9. The molecule has 4 rings (SSSR count). The predicted molar refractivity (Wildman–Crippen MR) is 137 cm³/mol. The van der Waals surface area contributed by atoms with Gasteiger partial charge in [0.25, 0.3) is 5.56 Å². The topological polar surface area (TPSA) is 112 Å². The van der Waals surface area contributed by atoms with Crippen LogP contribution in [0.4, 0.5) is 0 Å². The van der Waals surface area contributed by atoms with E-state index in [9.17, 15) is 9.00 Å². The molecule has 36 heavy (non-hydrogen) atoms. The first-order chi connectivity index (χ1) is 17.5. The van der Waals surface area contributed by atoms with Crippen LogP contribution in [0.2, 0.25) is 0 Å². The summed E-state index contributed by atoms with van der Waals surface area (Å²) in [4.78, 5) is 25.4. The number of H-pyrrole nitrogens is 1. The molecule has 1 aliphatic heterocycles. The van der Waals surface area contributed by atoms with Gasteiger partial charge < -0.3 is 19.0 Å². The SMILES string of the molecule is CCCCC(CC)n1cnc2c(=O)[nH]c(Cc3cc(S(=O)ON4CCOCC4)ccc3OCC)nc21. The summed E-state index contributed by atoms with van der Waals surface area (Å²) in [6.45, 7) is 8.90. The van der Waals surface area contributed by atoms with Gasteiger partial charge in [0.2, 0.25) is 11.1 Å². The minimum Gasteiger partial charge on any atom is -0.494 e. The van der Waals surface area contributed by atoms with Crippen molar-refractivity contribution in [2.45, 2.75) is 63.8 Å². The number of nitrogens with zero attached hydrogens (tertiary/aromatic N) is 4. The molecule has 1 aromatic carbocycles.